The maximum absolute atomic E-state index is 11.0. The molecule has 200 valence electrons. The molecule has 0 saturated carbocycles. The number of aliphatic hydroxyl groups excluding tert-OH is 7. The fourth-order valence-electron chi connectivity index (χ4n) is 3.39. The molecule has 34 heavy (non-hydrogen) atoms. The zero-order valence-corrected chi connectivity index (χ0v) is 18.3. The predicted octanol–water partition coefficient (Wildman–Crippen LogP) is -6.78. The molecule has 0 unspecified atom stereocenters. The number of carbonyl (C=O) groups excluding carboxylic acids is 1. The zero-order valence-electron chi connectivity index (χ0n) is 17.5. The molecule has 0 radical (unpaired) electrons. The van der Waals surface area contributed by atoms with Crippen LogP contribution >= 0.6 is 0 Å². The molecule has 0 spiro atoms. The van der Waals surface area contributed by atoms with E-state index in [-0.39, 0.29) is 6.61 Å². The summed E-state index contributed by atoms with van der Waals surface area (Å²) in [7, 11) is -5.42. The first kappa shape index (κ1) is 29.1. The highest BCUT2D eigenvalue weighted by molar-refractivity contribution is 7.80. The number of carbonyl (C=O) groups is 1. The van der Waals surface area contributed by atoms with E-state index in [1.54, 1.807) is 0 Å². The summed E-state index contributed by atoms with van der Waals surface area (Å²) in [5.74, 6) is 0. The third kappa shape index (κ3) is 7.21. The van der Waals surface area contributed by atoms with E-state index in [0.29, 0.717) is 6.41 Å². The highest BCUT2D eigenvalue weighted by Gasteiger charge is 2.52. The topological polar surface area (TPSA) is 274 Å². The van der Waals surface area contributed by atoms with Gasteiger partial charge in [0.2, 0.25) is 16.8 Å². The number of hydrogen-bond donors (Lipinski definition) is 8. The second-order valence-corrected chi connectivity index (χ2v) is 8.49. The van der Waals surface area contributed by atoms with Gasteiger partial charge in [0, 0.05) is 0 Å². The van der Waals surface area contributed by atoms with E-state index < -0.39 is 97.7 Å². The van der Waals surface area contributed by atoms with Crippen molar-refractivity contribution in [3.63, 3.8) is 0 Å². The van der Waals surface area contributed by atoms with Crippen LogP contribution in [0.1, 0.15) is 0 Å². The van der Waals surface area contributed by atoms with Gasteiger partial charge in [-0.1, -0.05) is 0 Å². The fourth-order valence-corrected chi connectivity index (χ4v) is 3.89. The first-order valence-electron chi connectivity index (χ1n) is 9.94. The minimum absolute atomic E-state index is 0.304. The van der Waals surface area contributed by atoms with Crippen LogP contribution in [0, 0.1) is 0 Å². The lowest BCUT2D eigenvalue weighted by Crippen LogP contribution is -2.65. The standard InChI is InChI=1S/C16H29NO16S/c18-1-6(17-5-21)4-29-15-11(24)10(23)13(8(3-20)31-15)32-16-12(25)14(33-34(26,27)28)9(22)7(2-19)30-16/h5-16,18-20,22-25H,1-4H2,(H,17,21)(H,26,27,28)/p-1/t6-,7-,8-,9+,10-,11-,12-,13+,14+,15-,16-/m1/s1. The number of nitrogens with one attached hydrogen (secondary N) is 1. The number of ether oxygens (including phenoxy) is 4. The van der Waals surface area contributed by atoms with Gasteiger partial charge in [0.05, 0.1) is 32.5 Å². The average molecular weight is 522 g/mol. The molecule has 11 atom stereocenters. The molecule has 2 aliphatic heterocycles. The van der Waals surface area contributed by atoms with Gasteiger partial charge in [-0.15, -0.1) is 0 Å². The lowest BCUT2D eigenvalue weighted by Gasteiger charge is -2.46. The van der Waals surface area contributed by atoms with Gasteiger partial charge in [-0.3, -0.25) is 8.98 Å². The van der Waals surface area contributed by atoms with Crippen LogP contribution in [0.3, 0.4) is 0 Å². The van der Waals surface area contributed by atoms with Crippen LogP contribution in [0.25, 0.3) is 0 Å². The Labute approximate surface area is 193 Å². The van der Waals surface area contributed by atoms with E-state index in [1.807, 2.05) is 0 Å². The highest BCUT2D eigenvalue weighted by atomic mass is 32.3. The van der Waals surface area contributed by atoms with Gasteiger partial charge in [-0.2, -0.15) is 0 Å². The van der Waals surface area contributed by atoms with Gasteiger partial charge in [0.1, 0.15) is 48.8 Å². The van der Waals surface area contributed by atoms with E-state index in [4.69, 9.17) is 24.1 Å². The summed E-state index contributed by atoms with van der Waals surface area (Å²) in [5, 5.41) is 71.6. The van der Waals surface area contributed by atoms with Gasteiger partial charge >= 0.3 is 0 Å². The molecule has 18 heteroatoms. The van der Waals surface area contributed by atoms with Crippen LogP contribution in [0.4, 0.5) is 0 Å². The smallest absolute Gasteiger partial charge is 0.218 e. The Bertz CT molecular complexity index is 739. The van der Waals surface area contributed by atoms with E-state index in [2.05, 4.69) is 9.50 Å². The molecule has 2 saturated heterocycles. The molecule has 1 amide bonds. The van der Waals surface area contributed by atoms with Crippen molar-refractivity contribution in [1.29, 1.82) is 0 Å². The van der Waals surface area contributed by atoms with Crippen molar-refractivity contribution in [2.24, 2.45) is 0 Å². The molecular formula is C16H28NO16S-. The molecule has 0 aromatic carbocycles. The molecule has 2 rings (SSSR count). The first-order valence-corrected chi connectivity index (χ1v) is 11.3. The Hall–Kier alpha value is -1.10. The van der Waals surface area contributed by atoms with Crippen molar-refractivity contribution in [3.05, 3.63) is 0 Å². The molecule has 0 aromatic heterocycles. The SMILES string of the molecule is O=CN[C@H](CO)CO[C@@H]1O[C@H](CO)[C@H](O[C@H]2O[C@H](CO)[C@H](O)[C@H](OS(=O)(=O)[O-])[C@H]2O)[C@H](O)[C@H]1O. The lowest BCUT2D eigenvalue weighted by atomic mass is 9.97. The molecule has 0 aliphatic carbocycles. The van der Waals surface area contributed by atoms with Gasteiger partial charge in [-0.05, 0) is 0 Å². The largest absolute Gasteiger partial charge is 0.726 e. The summed E-state index contributed by atoms with van der Waals surface area (Å²) >= 11 is 0. The van der Waals surface area contributed by atoms with Gasteiger partial charge in [0.25, 0.3) is 0 Å². The minimum Gasteiger partial charge on any atom is -0.726 e. The van der Waals surface area contributed by atoms with E-state index >= 15 is 0 Å². The number of aliphatic hydroxyl groups is 7. The van der Waals surface area contributed by atoms with Gasteiger partial charge < -0.3 is 64.6 Å². The van der Waals surface area contributed by atoms with Crippen molar-refractivity contribution in [1.82, 2.24) is 5.32 Å². The minimum atomic E-state index is -5.42. The first-order chi connectivity index (χ1) is 16.0. The number of rotatable bonds is 12. The van der Waals surface area contributed by atoms with Crippen LogP contribution in [0.15, 0.2) is 0 Å². The van der Waals surface area contributed by atoms with Crippen molar-refractivity contribution < 1.29 is 76.6 Å². The molecule has 2 fully saturated rings. The molecule has 0 aromatic rings. The van der Waals surface area contributed by atoms with E-state index in [0.717, 1.165) is 0 Å². The zero-order chi connectivity index (χ0) is 25.6. The summed E-state index contributed by atoms with van der Waals surface area (Å²) in [6.07, 6.45) is -17.7. The van der Waals surface area contributed by atoms with Crippen molar-refractivity contribution in [2.45, 2.75) is 67.5 Å². The van der Waals surface area contributed by atoms with Crippen molar-refractivity contribution in [2.75, 3.05) is 26.4 Å². The third-order valence-corrected chi connectivity index (χ3v) is 5.61. The van der Waals surface area contributed by atoms with Crippen LogP contribution in [0.2, 0.25) is 0 Å². The van der Waals surface area contributed by atoms with Crippen LogP contribution in [0.5, 0.6) is 0 Å². The lowest BCUT2D eigenvalue weighted by molar-refractivity contribution is -0.358. The van der Waals surface area contributed by atoms with Gasteiger partial charge in [-0.25, -0.2) is 8.42 Å². The quantitative estimate of drug-likeness (QED) is 0.0671. The van der Waals surface area contributed by atoms with Crippen LogP contribution < -0.4 is 5.32 Å². The second-order valence-electron chi connectivity index (χ2n) is 7.48. The molecule has 0 bridgehead atoms. The van der Waals surface area contributed by atoms with E-state index in [9.17, 15) is 48.4 Å². The van der Waals surface area contributed by atoms with E-state index in [1.165, 1.54) is 0 Å². The second kappa shape index (κ2) is 12.7. The summed E-state index contributed by atoms with van der Waals surface area (Å²) in [6.45, 7) is -2.61. The molecule has 17 nitrogen and oxygen atoms in total. The van der Waals surface area contributed by atoms with Crippen LogP contribution in [-0.2, 0) is 38.3 Å². The molecular weight excluding hydrogens is 494 g/mol. The maximum atomic E-state index is 11.0. The Morgan fingerprint density at radius 1 is 0.912 bits per heavy atom. The fraction of sp³-hybridized carbons (Fsp3) is 0.938. The summed E-state index contributed by atoms with van der Waals surface area (Å²) < 4.78 is 58.1. The Morgan fingerprint density at radius 2 is 1.53 bits per heavy atom. The maximum Gasteiger partial charge on any atom is 0.218 e. The predicted molar refractivity (Wildman–Crippen MR) is 101 cm³/mol. The molecule has 2 aliphatic rings. The van der Waals surface area contributed by atoms with Crippen LogP contribution in [-0.4, -0.2) is 149 Å². The monoisotopic (exact) mass is 522 g/mol. The number of hydrogen-bond acceptors (Lipinski definition) is 16. The van der Waals surface area contributed by atoms with Gasteiger partial charge in [0.15, 0.2) is 12.6 Å². The number of amides is 1. The third-order valence-electron chi connectivity index (χ3n) is 5.15. The van der Waals surface area contributed by atoms with Crippen molar-refractivity contribution in [3.8, 4) is 0 Å². The average Bonchev–Trinajstić information content (AvgIpc) is 2.79. The summed E-state index contributed by atoms with van der Waals surface area (Å²) in [6, 6.07) is -0.867. The summed E-state index contributed by atoms with van der Waals surface area (Å²) in [5.41, 5.74) is 0. The Balaban J connectivity index is 2.14. The normalized spacial score (nSPS) is 40.0. The highest BCUT2D eigenvalue weighted by Crippen LogP contribution is 2.30. The Kier molecular flexibility index (Phi) is 10.9. The molecule has 8 N–H and O–H groups in total. The Morgan fingerprint density at radius 3 is 2.06 bits per heavy atom. The van der Waals surface area contributed by atoms with Crippen molar-refractivity contribution >= 4 is 16.8 Å². The molecule has 2 heterocycles. The summed E-state index contributed by atoms with van der Waals surface area (Å²) in [4.78, 5) is 10.5.